The van der Waals surface area contributed by atoms with Crippen molar-refractivity contribution in [1.29, 1.82) is 0 Å². The van der Waals surface area contributed by atoms with E-state index in [1.807, 2.05) is 0 Å². The van der Waals surface area contributed by atoms with Crippen LogP contribution in [0.25, 0.3) is 22.6 Å². The zero-order valence-corrected chi connectivity index (χ0v) is 13.5. The number of hydrogen-bond donors (Lipinski definition) is 0. The van der Waals surface area contributed by atoms with E-state index >= 15 is 0 Å². The van der Waals surface area contributed by atoms with E-state index in [0.717, 1.165) is 5.56 Å². The molecule has 0 saturated heterocycles. The first kappa shape index (κ1) is 16.2. The molecule has 0 fully saturated rings. The fraction of sp³-hybridized carbons (Fsp3) is 0. The van der Waals surface area contributed by atoms with Gasteiger partial charge in [-0.05, 0) is 29.8 Å². The highest BCUT2D eigenvalue weighted by Crippen LogP contribution is 2.27. The lowest BCUT2D eigenvalue weighted by Gasteiger charge is -1.96. The smallest absolute Gasteiger partial charge is 0.270 e. The standard InChI is InChI=1S/C16H9Cl2N3O3/c17-12-6-4-10(5-7-12)8-14(18)16-20-19-15(24-16)11-2-1-3-13(9-11)21(22)23/h1-9H/b14-8-. The summed E-state index contributed by atoms with van der Waals surface area (Å²) >= 11 is 12.0. The first-order chi connectivity index (χ1) is 11.5. The van der Waals surface area contributed by atoms with E-state index in [0.29, 0.717) is 10.6 Å². The van der Waals surface area contributed by atoms with Crippen molar-refractivity contribution in [2.24, 2.45) is 0 Å². The average Bonchev–Trinajstić information content (AvgIpc) is 3.07. The van der Waals surface area contributed by atoms with Crippen molar-refractivity contribution in [2.75, 3.05) is 0 Å². The quantitative estimate of drug-likeness (QED) is 0.480. The van der Waals surface area contributed by atoms with Crippen molar-refractivity contribution in [3.8, 4) is 11.5 Å². The highest BCUT2D eigenvalue weighted by atomic mass is 35.5. The van der Waals surface area contributed by atoms with Crippen LogP contribution in [-0.4, -0.2) is 15.1 Å². The van der Waals surface area contributed by atoms with Gasteiger partial charge in [0.1, 0.15) is 5.03 Å². The van der Waals surface area contributed by atoms with Crippen LogP contribution in [0.15, 0.2) is 52.9 Å². The number of halogens is 2. The van der Waals surface area contributed by atoms with Gasteiger partial charge in [-0.3, -0.25) is 10.1 Å². The Labute approximate surface area is 146 Å². The summed E-state index contributed by atoms with van der Waals surface area (Å²) in [5.41, 5.74) is 1.20. The van der Waals surface area contributed by atoms with E-state index in [1.54, 1.807) is 42.5 Å². The summed E-state index contributed by atoms with van der Waals surface area (Å²) < 4.78 is 5.49. The summed E-state index contributed by atoms with van der Waals surface area (Å²) in [7, 11) is 0. The van der Waals surface area contributed by atoms with E-state index < -0.39 is 4.92 Å². The van der Waals surface area contributed by atoms with Crippen molar-refractivity contribution in [2.45, 2.75) is 0 Å². The minimum Gasteiger partial charge on any atom is -0.415 e. The maximum Gasteiger partial charge on any atom is 0.270 e. The third-order valence-electron chi connectivity index (χ3n) is 3.10. The molecular formula is C16H9Cl2N3O3. The second kappa shape index (κ2) is 6.82. The summed E-state index contributed by atoms with van der Waals surface area (Å²) in [6.07, 6.45) is 1.66. The molecule has 3 aromatic rings. The molecule has 0 aliphatic rings. The van der Waals surface area contributed by atoms with Crippen LogP contribution in [0.2, 0.25) is 5.02 Å². The Morgan fingerprint density at radius 2 is 1.92 bits per heavy atom. The van der Waals surface area contributed by atoms with Crippen LogP contribution in [-0.2, 0) is 0 Å². The van der Waals surface area contributed by atoms with Gasteiger partial charge in [-0.2, -0.15) is 0 Å². The fourth-order valence-corrected chi connectivity index (χ4v) is 2.28. The molecule has 0 bridgehead atoms. The Balaban J connectivity index is 1.88. The molecule has 2 aromatic carbocycles. The van der Waals surface area contributed by atoms with Gasteiger partial charge in [0, 0.05) is 22.7 Å². The summed E-state index contributed by atoms with van der Waals surface area (Å²) in [4.78, 5) is 10.3. The van der Waals surface area contributed by atoms with E-state index in [4.69, 9.17) is 27.6 Å². The first-order valence-corrected chi connectivity index (χ1v) is 7.50. The number of aromatic nitrogens is 2. The Kier molecular flexibility index (Phi) is 4.59. The molecule has 0 spiro atoms. The normalized spacial score (nSPS) is 11.5. The van der Waals surface area contributed by atoms with Gasteiger partial charge in [-0.1, -0.05) is 41.4 Å². The second-order valence-electron chi connectivity index (χ2n) is 4.76. The maximum absolute atomic E-state index is 10.8. The molecule has 8 heteroatoms. The van der Waals surface area contributed by atoms with Gasteiger partial charge in [0.15, 0.2) is 0 Å². The lowest BCUT2D eigenvalue weighted by Crippen LogP contribution is -1.88. The molecule has 0 aliphatic heterocycles. The summed E-state index contributed by atoms with van der Waals surface area (Å²) in [5.74, 6) is 0.268. The molecule has 0 radical (unpaired) electrons. The zero-order valence-electron chi connectivity index (χ0n) is 12.0. The van der Waals surface area contributed by atoms with E-state index in [2.05, 4.69) is 10.2 Å². The van der Waals surface area contributed by atoms with Crippen LogP contribution in [0.4, 0.5) is 5.69 Å². The minimum absolute atomic E-state index is 0.0601. The number of benzene rings is 2. The Morgan fingerprint density at radius 3 is 2.62 bits per heavy atom. The van der Waals surface area contributed by atoms with Gasteiger partial charge in [0.25, 0.3) is 11.6 Å². The highest BCUT2D eigenvalue weighted by Gasteiger charge is 2.14. The molecule has 0 saturated carbocycles. The molecular weight excluding hydrogens is 353 g/mol. The van der Waals surface area contributed by atoms with Crippen LogP contribution in [0.1, 0.15) is 11.5 Å². The van der Waals surface area contributed by atoms with Crippen LogP contribution < -0.4 is 0 Å². The van der Waals surface area contributed by atoms with E-state index in [1.165, 1.54) is 12.1 Å². The molecule has 6 nitrogen and oxygen atoms in total. The third kappa shape index (κ3) is 3.61. The average molecular weight is 362 g/mol. The molecule has 3 rings (SSSR count). The van der Waals surface area contributed by atoms with Crippen molar-refractivity contribution < 1.29 is 9.34 Å². The number of nitro groups is 1. The molecule has 1 heterocycles. The van der Waals surface area contributed by atoms with Crippen LogP contribution in [0.5, 0.6) is 0 Å². The summed E-state index contributed by atoms with van der Waals surface area (Å²) in [6, 6.07) is 13.0. The van der Waals surface area contributed by atoms with E-state index in [-0.39, 0.29) is 22.5 Å². The molecule has 0 N–H and O–H groups in total. The molecule has 0 aliphatic carbocycles. The topological polar surface area (TPSA) is 82.1 Å². The Hall–Kier alpha value is -2.70. The predicted molar refractivity (Wildman–Crippen MR) is 91.6 cm³/mol. The number of nitro benzene ring substituents is 1. The highest BCUT2D eigenvalue weighted by molar-refractivity contribution is 6.50. The fourth-order valence-electron chi connectivity index (χ4n) is 1.96. The van der Waals surface area contributed by atoms with Gasteiger partial charge in [-0.15, -0.1) is 10.2 Å². The molecule has 24 heavy (non-hydrogen) atoms. The van der Waals surface area contributed by atoms with Crippen LogP contribution in [0, 0.1) is 10.1 Å². The van der Waals surface area contributed by atoms with Crippen LogP contribution >= 0.6 is 23.2 Å². The minimum atomic E-state index is -0.492. The molecule has 0 unspecified atom stereocenters. The SMILES string of the molecule is O=[N+]([O-])c1cccc(-c2nnc(/C(Cl)=C/c3ccc(Cl)cc3)o2)c1. The van der Waals surface area contributed by atoms with Crippen molar-refractivity contribution in [3.05, 3.63) is 75.1 Å². The van der Waals surface area contributed by atoms with Crippen molar-refractivity contribution in [1.82, 2.24) is 10.2 Å². The van der Waals surface area contributed by atoms with Crippen LogP contribution in [0.3, 0.4) is 0 Å². The lowest BCUT2D eigenvalue weighted by molar-refractivity contribution is -0.384. The molecule has 120 valence electrons. The third-order valence-corrected chi connectivity index (χ3v) is 3.62. The molecule has 1 aromatic heterocycles. The summed E-state index contributed by atoms with van der Waals surface area (Å²) in [5, 5.41) is 19.4. The monoisotopic (exact) mass is 361 g/mol. The van der Waals surface area contributed by atoms with Crippen molar-refractivity contribution >= 4 is 40.0 Å². The van der Waals surface area contributed by atoms with Gasteiger partial charge in [0.2, 0.25) is 5.89 Å². The van der Waals surface area contributed by atoms with Gasteiger partial charge in [-0.25, -0.2) is 0 Å². The lowest BCUT2D eigenvalue weighted by atomic mass is 10.2. The zero-order chi connectivity index (χ0) is 17.1. The van der Waals surface area contributed by atoms with Gasteiger partial charge < -0.3 is 4.42 Å². The Bertz CT molecular complexity index is 920. The second-order valence-corrected chi connectivity index (χ2v) is 5.61. The molecule has 0 atom stereocenters. The van der Waals surface area contributed by atoms with Gasteiger partial charge in [0.05, 0.1) is 4.92 Å². The number of rotatable bonds is 4. The molecule has 0 amide bonds. The number of hydrogen-bond acceptors (Lipinski definition) is 5. The largest absolute Gasteiger partial charge is 0.415 e. The van der Waals surface area contributed by atoms with E-state index in [9.17, 15) is 10.1 Å². The van der Waals surface area contributed by atoms with Gasteiger partial charge >= 0.3 is 0 Å². The maximum atomic E-state index is 10.8. The Morgan fingerprint density at radius 1 is 1.17 bits per heavy atom. The summed E-state index contributed by atoms with van der Waals surface area (Å²) in [6.45, 7) is 0. The number of non-ortho nitro benzene ring substituents is 1. The predicted octanol–water partition coefficient (Wildman–Crippen LogP) is 5.04. The van der Waals surface area contributed by atoms with Crippen molar-refractivity contribution in [3.63, 3.8) is 0 Å². The first-order valence-electron chi connectivity index (χ1n) is 6.74. The number of nitrogens with zero attached hydrogens (tertiary/aromatic N) is 3.